The first kappa shape index (κ1) is 14.7. The van der Waals surface area contributed by atoms with E-state index in [2.05, 4.69) is 9.97 Å². The van der Waals surface area contributed by atoms with Crippen LogP contribution in [0.4, 0.5) is 0 Å². The Morgan fingerprint density at radius 2 is 2.09 bits per heavy atom. The van der Waals surface area contributed by atoms with Gasteiger partial charge in [-0.25, -0.2) is 4.98 Å². The summed E-state index contributed by atoms with van der Waals surface area (Å²) in [5.41, 5.74) is 3.11. The van der Waals surface area contributed by atoms with E-state index >= 15 is 0 Å². The van der Waals surface area contributed by atoms with Gasteiger partial charge in [-0.05, 0) is 44.7 Å². The van der Waals surface area contributed by atoms with Gasteiger partial charge in [0.05, 0.1) is 12.5 Å². The van der Waals surface area contributed by atoms with Gasteiger partial charge in [0.15, 0.2) is 5.78 Å². The summed E-state index contributed by atoms with van der Waals surface area (Å²) in [6.07, 6.45) is 5.75. The Morgan fingerprint density at radius 1 is 1.27 bits per heavy atom. The molecule has 4 heteroatoms. The fourth-order valence-electron chi connectivity index (χ4n) is 2.39. The molecule has 2 aromatic heterocycles. The molecule has 0 aromatic carbocycles. The van der Waals surface area contributed by atoms with Gasteiger partial charge in [0, 0.05) is 29.7 Å². The zero-order chi connectivity index (χ0) is 15.5. The summed E-state index contributed by atoms with van der Waals surface area (Å²) in [7, 11) is 0. The predicted octanol–water partition coefficient (Wildman–Crippen LogP) is 3.45. The highest BCUT2D eigenvalue weighted by molar-refractivity contribution is 5.95. The van der Waals surface area contributed by atoms with E-state index in [1.54, 1.807) is 12.3 Å². The quantitative estimate of drug-likeness (QED) is 0.793. The third-order valence-electron chi connectivity index (χ3n) is 3.88. The molecule has 0 bridgehead atoms. The lowest BCUT2D eigenvalue weighted by molar-refractivity contribution is 0.0982. The van der Waals surface area contributed by atoms with Crippen LogP contribution in [-0.2, 0) is 6.42 Å². The maximum Gasteiger partial charge on any atom is 0.187 e. The molecule has 2 aromatic rings. The summed E-state index contributed by atoms with van der Waals surface area (Å²) in [5.74, 6) is 0.718. The number of ketones is 1. The average Bonchev–Trinajstić information content (AvgIpc) is 2.45. The number of nitrogens with zero attached hydrogens (tertiary/aromatic N) is 2. The number of carbonyl (C=O) groups is 1. The molecule has 1 saturated carbocycles. The number of hydrogen-bond acceptors (Lipinski definition) is 4. The largest absolute Gasteiger partial charge is 0.490 e. The highest BCUT2D eigenvalue weighted by atomic mass is 16.5. The maximum absolute atomic E-state index is 12.4. The van der Waals surface area contributed by atoms with Crippen LogP contribution in [0.25, 0.3) is 0 Å². The van der Waals surface area contributed by atoms with Crippen molar-refractivity contribution in [3.05, 3.63) is 53.1 Å². The first-order chi connectivity index (χ1) is 10.6. The lowest BCUT2D eigenvalue weighted by atomic mass is 9.96. The molecule has 1 fully saturated rings. The van der Waals surface area contributed by atoms with Gasteiger partial charge in [-0.1, -0.05) is 6.07 Å². The molecule has 0 radical (unpaired) electrons. The van der Waals surface area contributed by atoms with E-state index < -0.39 is 0 Å². The highest BCUT2D eigenvalue weighted by Gasteiger charge is 2.20. The Balaban J connectivity index is 1.74. The summed E-state index contributed by atoms with van der Waals surface area (Å²) >= 11 is 0. The minimum absolute atomic E-state index is 0.0292. The summed E-state index contributed by atoms with van der Waals surface area (Å²) in [4.78, 5) is 21.0. The van der Waals surface area contributed by atoms with Gasteiger partial charge in [-0.15, -0.1) is 0 Å². The zero-order valence-corrected chi connectivity index (χ0v) is 13.0. The molecule has 3 rings (SSSR count). The third kappa shape index (κ3) is 3.50. The van der Waals surface area contributed by atoms with Gasteiger partial charge in [0.25, 0.3) is 0 Å². The predicted molar refractivity (Wildman–Crippen MR) is 84.2 cm³/mol. The van der Waals surface area contributed by atoms with Crippen molar-refractivity contribution in [2.45, 2.75) is 45.6 Å². The molecule has 2 heterocycles. The van der Waals surface area contributed by atoms with Gasteiger partial charge in [-0.2, -0.15) is 0 Å². The number of carbonyl (C=O) groups excluding carboxylic acids is 1. The molecule has 114 valence electrons. The number of Topliss-reactive ketones (excluding diaryl/α,β-unsaturated/α-hetero) is 1. The van der Waals surface area contributed by atoms with Crippen LogP contribution in [0.1, 0.15) is 46.7 Å². The molecular formula is C18H20N2O2. The van der Waals surface area contributed by atoms with E-state index in [1.165, 1.54) is 6.42 Å². The average molecular weight is 296 g/mol. The minimum Gasteiger partial charge on any atom is -0.490 e. The molecule has 4 nitrogen and oxygen atoms in total. The zero-order valence-electron chi connectivity index (χ0n) is 13.0. The molecule has 0 amide bonds. The smallest absolute Gasteiger partial charge is 0.187 e. The summed E-state index contributed by atoms with van der Waals surface area (Å²) in [6, 6.07) is 7.49. The van der Waals surface area contributed by atoms with E-state index in [-0.39, 0.29) is 12.2 Å². The Labute approximate surface area is 130 Å². The van der Waals surface area contributed by atoms with Crippen LogP contribution in [0.15, 0.2) is 30.5 Å². The second-order valence-corrected chi connectivity index (χ2v) is 5.93. The molecule has 0 aliphatic heterocycles. The molecule has 1 aliphatic rings. The second kappa shape index (κ2) is 6.26. The van der Waals surface area contributed by atoms with Crippen LogP contribution in [-0.4, -0.2) is 21.9 Å². The fourth-order valence-corrected chi connectivity index (χ4v) is 2.39. The maximum atomic E-state index is 12.4. The lowest BCUT2D eigenvalue weighted by Gasteiger charge is -2.26. The van der Waals surface area contributed by atoms with Crippen LogP contribution >= 0.6 is 0 Å². The number of rotatable bonds is 5. The van der Waals surface area contributed by atoms with Crippen molar-refractivity contribution in [2.75, 3.05) is 0 Å². The van der Waals surface area contributed by atoms with E-state index in [9.17, 15) is 4.79 Å². The van der Waals surface area contributed by atoms with Crippen molar-refractivity contribution in [2.24, 2.45) is 0 Å². The van der Waals surface area contributed by atoms with Gasteiger partial charge in [0.1, 0.15) is 11.4 Å². The summed E-state index contributed by atoms with van der Waals surface area (Å²) in [5, 5.41) is 0. The SMILES string of the molecule is Cc1ccc(CC(=O)c2cc(OC3CCC3)cc(C)n2)nc1. The van der Waals surface area contributed by atoms with E-state index in [4.69, 9.17) is 4.74 Å². The van der Waals surface area contributed by atoms with Crippen LogP contribution in [0.5, 0.6) is 5.75 Å². The second-order valence-electron chi connectivity index (χ2n) is 5.93. The normalized spacial score (nSPS) is 14.5. The number of ether oxygens (including phenoxy) is 1. The molecule has 0 saturated heterocycles. The fraction of sp³-hybridized carbons (Fsp3) is 0.389. The molecule has 0 N–H and O–H groups in total. The van der Waals surface area contributed by atoms with E-state index in [0.29, 0.717) is 11.8 Å². The van der Waals surface area contributed by atoms with Crippen molar-refractivity contribution >= 4 is 5.78 Å². The molecule has 0 atom stereocenters. The molecular weight excluding hydrogens is 276 g/mol. The first-order valence-corrected chi connectivity index (χ1v) is 7.70. The van der Waals surface area contributed by atoms with Crippen LogP contribution in [0, 0.1) is 13.8 Å². The Bertz CT molecular complexity index is 676. The van der Waals surface area contributed by atoms with E-state index in [1.807, 2.05) is 32.0 Å². The topological polar surface area (TPSA) is 52.1 Å². The van der Waals surface area contributed by atoms with Crippen molar-refractivity contribution in [1.82, 2.24) is 9.97 Å². The minimum atomic E-state index is -0.0292. The Kier molecular flexibility index (Phi) is 4.18. The van der Waals surface area contributed by atoms with Gasteiger partial charge in [-0.3, -0.25) is 9.78 Å². The number of aromatic nitrogens is 2. The van der Waals surface area contributed by atoms with Crippen molar-refractivity contribution in [1.29, 1.82) is 0 Å². The first-order valence-electron chi connectivity index (χ1n) is 7.70. The van der Waals surface area contributed by atoms with Crippen LogP contribution in [0.3, 0.4) is 0 Å². The molecule has 0 unspecified atom stereocenters. The van der Waals surface area contributed by atoms with Crippen LogP contribution < -0.4 is 4.74 Å². The highest BCUT2D eigenvalue weighted by Crippen LogP contribution is 2.26. The van der Waals surface area contributed by atoms with Crippen molar-refractivity contribution < 1.29 is 9.53 Å². The molecule has 22 heavy (non-hydrogen) atoms. The summed E-state index contributed by atoms with van der Waals surface area (Å²) in [6.45, 7) is 3.86. The van der Waals surface area contributed by atoms with Crippen molar-refractivity contribution in [3.8, 4) is 5.75 Å². The molecule has 0 spiro atoms. The van der Waals surface area contributed by atoms with Gasteiger partial charge >= 0.3 is 0 Å². The van der Waals surface area contributed by atoms with E-state index in [0.717, 1.165) is 35.5 Å². The monoisotopic (exact) mass is 296 g/mol. The third-order valence-corrected chi connectivity index (χ3v) is 3.88. The van der Waals surface area contributed by atoms with Crippen molar-refractivity contribution in [3.63, 3.8) is 0 Å². The molecule has 1 aliphatic carbocycles. The van der Waals surface area contributed by atoms with Gasteiger partial charge in [0.2, 0.25) is 0 Å². The number of aryl methyl sites for hydroxylation is 2. The Morgan fingerprint density at radius 3 is 2.73 bits per heavy atom. The lowest BCUT2D eigenvalue weighted by Crippen LogP contribution is -2.24. The van der Waals surface area contributed by atoms with Crippen LogP contribution in [0.2, 0.25) is 0 Å². The summed E-state index contributed by atoms with van der Waals surface area (Å²) < 4.78 is 5.88. The standard InChI is InChI=1S/C18H20N2O2/c1-12-6-7-14(19-11-12)9-18(21)17-10-16(8-13(2)20-17)22-15-4-3-5-15/h6-8,10-11,15H,3-5,9H2,1-2H3. The number of pyridine rings is 2. The number of hydrogen-bond donors (Lipinski definition) is 0. The van der Waals surface area contributed by atoms with Gasteiger partial charge < -0.3 is 4.74 Å². The Hall–Kier alpha value is -2.23.